The first kappa shape index (κ1) is 13.7. The minimum Gasteiger partial charge on any atom is -0.347 e. The molecule has 2 aromatic rings. The van der Waals surface area contributed by atoms with E-state index in [1.807, 2.05) is 0 Å². The molecule has 3 nitrogen and oxygen atoms in total. The molecule has 0 unspecified atom stereocenters. The molecule has 0 aliphatic carbocycles. The van der Waals surface area contributed by atoms with Gasteiger partial charge in [-0.05, 0) is 62.3 Å². The van der Waals surface area contributed by atoms with Crippen LogP contribution in [0.1, 0.15) is 30.5 Å². The van der Waals surface area contributed by atoms with Crippen LogP contribution in [0.4, 0.5) is 0 Å². The van der Waals surface area contributed by atoms with Crippen molar-refractivity contribution in [2.24, 2.45) is 0 Å². The van der Waals surface area contributed by atoms with Crippen LogP contribution in [0.25, 0.3) is 10.9 Å². The molecule has 0 radical (unpaired) electrons. The molecule has 108 valence electrons. The highest BCUT2D eigenvalue weighted by Crippen LogP contribution is 2.30. The lowest BCUT2D eigenvalue weighted by Crippen LogP contribution is -2.15. The standard InChI is InChI=1S/C17H25N3/c1-4-18-7-6-13-12-20(5-2)17-9-15-11-19(3)10-14(15)8-16(13)17/h8-9,12,18H,4-7,10-11H2,1-3H3. The predicted molar refractivity (Wildman–Crippen MR) is 85.0 cm³/mol. The molecule has 1 N–H and O–H groups in total. The number of nitrogens with zero attached hydrogens (tertiary/aromatic N) is 2. The molecule has 0 bridgehead atoms. The first-order valence-corrected chi connectivity index (χ1v) is 7.75. The van der Waals surface area contributed by atoms with Gasteiger partial charge in [0.15, 0.2) is 0 Å². The molecule has 1 aliphatic rings. The van der Waals surface area contributed by atoms with Crippen LogP contribution in [0.5, 0.6) is 0 Å². The summed E-state index contributed by atoms with van der Waals surface area (Å²) in [6.45, 7) is 9.74. The van der Waals surface area contributed by atoms with Gasteiger partial charge in [0, 0.05) is 36.7 Å². The quantitative estimate of drug-likeness (QED) is 0.844. The van der Waals surface area contributed by atoms with Crippen molar-refractivity contribution in [3.05, 3.63) is 35.0 Å². The molecule has 2 heterocycles. The van der Waals surface area contributed by atoms with Gasteiger partial charge < -0.3 is 9.88 Å². The number of hydrogen-bond donors (Lipinski definition) is 1. The second kappa shape index (κ2) is 5.58. The monoisotopic (exact) mass is 271 g/mol. The van der Waals surface area contributed by atoms with Gasteiger partial charge in [-0.25, -0.2) is 0 Å². The lowest BCUT2D eigenvalue weighted by atomic mass is 10.0. The van der Waals surface area contributed by atoms with Crippen molar-refractivity contribution in [1.82, 2.24) is 14.8 Å². The summed E-state index contributed by atoms with van der Waals surface area (Å²) in [5, 5.41) is 4.89. The minimum atomic E-state index is 1.05. The maximum absolute atomic E-state index is 3.43. The fourth-order valence-electron chi connectivity index (χ4n) is 3.29. The van der Waals surface area contributed by atoms with Crippen LogP contribution < -0.4 is 5.32 Å². The summed E-state index contributed by atoms with van der Waals surface area (Å²) in [6, 6.07) is 4.84. The van der Waals surface area contributed by atoms with Crippen molar-refractivity contribution in [2.75, 3.05) is 20.1 Å². The molecular weight excluding hydrogens is 246 g/mol. The Morgan fingerprint density at radius 3 is 2.60 bits per heavy atom. The first-order valence-electron chi connectivity index (χ1n) is 7.75. The minimum absolute atomic E-state index is 1.05. The van der Waals surface area contributed by atoms with E-state index in [9.17, 15) is 0 Å². The Kier molecular flexibility index (Phi) is 3.81. The lowest BCUT2D eigenvalue weighted by Gasteiger charge is -2.04. The number of rotatable bonds is 5. The molecule has 0 fully saturated rings. The van der Waals surface area contributed by atoms with Gasteiger partial charge in [-0.1, -0.05) is 6.92 Å². The summed E-state index contributed by atoms with van der Waals surface area (Å²) in [5.74, 6) is 0. The molecule has 0 atom stereocenters. The third-order valence-electron chi connectivity index (χ3n) is 4.33. The molecular formula is C17H25N3. The van der Waals surface area contributed by atoms with Crippen LogP contribution in [0.2, 0.25) is 0 Å². The second-order valence-electron chi connectivity index (χ2n) is 5.85. The summed E-state index contributed by atoms with van der Waals surface area (Å²) < 4.78 is 2.40. The van der Waals surface area contributed by atoms with Crippen molar-refractivity contribution >= 4 is 10.9 Å². The fourth-order valence-corrected chi connectivity index (χ4v) is 3.29. The maximum atomic E-state index is 3.43. The van der Waals surface area contributed by atoms with E-state index in [0.717, 1.165) is 39.1 Å². The summed E-state index contributed by atoms with van der Waals surface area (Å²) in [7, 11) is 2.20. The van der Waals surface area contributed by atoms with E-state index < -0.39 is 0 Å². The van der Waals surface area contributed by atoms with Crippen LogP contribution in [0, 0.1) is 0 Å². The van der Waals surface area contributed by atoms with E-state index in [2.05, 4.69) is 54.0 Å². The largest absolute Gasteiger partial charge is 0.347 e. The molecule has 0 spiro atoms. The van der Waals surface area contributed by atoms with Crippen LogP contribution in [0.15, 0.2) is 18.3 Å². The zero-order chi connectivity index (χ0) is 14.1. The smallest absolute Gasteiger partial charge is 0.0486 e. The van der Waals surface area contributed by atoms with E-state index in [4.69, 9.17) is 0 Å². The molecule has 0 saturated carbocycles. The normalized spacial score (nSPS) is 15.2. The Balaban J connectivity index is 2.01. The average molecular weight is 271 g/mol. The molecule has 3 rings (SSSR count). The van der Waals surface area contributed by atoms with Gasteiger partial charge in [-0.15, -0.1) is 0 Å². The molecule has 0 amide bonds. The Bertz CT molecular complexity index is 612. The fraction of sp³-hybridized carbons (Fsp3) is 0.529. The molecule has 1 aromatic heterocycles. The van der Waals surface area contributed by atoms with Gasteiger partial charge in [-0.2, -0.15) is 0 Å². The van der Waals surface area contributed by atoms with Crippen LogP contribution in [0.3, 0.4) is 0 Å². The van der Waals surface area contributed by atoms with E-state index in [0.29, 0.717) is 0 Å². The van der Waals surface area contributed by atoms with Crippen molar-refractivity contribution in [3.8, 4) is 0 Å². The summed E-state index contributed by atoms with van der Waals surface area (Å²) in [4.78, 5) is 2.39. The molecule has 3 heteroatoms. The van der Waals surface area contributed by atoms with E-state index in [1.165, 1.54) is 27.6 Å². The highest BCUT2D eigenvalue weighted by molar-refractivity contribution is 5.86. The lowest BCUT2D eigenvalue weighted by molar-refractivity contribution is 0.353. The number of likely N-dealkylation sites (N-methyl/N-ethyl adjacent to an activating group) is 1. The van der Waals surface area contributed by atoms with Crippen molar-refractivity contribution in [1.29, 1.82) is 0 Å². The third-order valence-corrected chi connectivity index (χ3v) is 4.33. The van der Waals surface area contributed by atoms with Gasteiger partial charge in [0.2, 0.25) is 0 Å². The summed E-state index contributed by atoms with van der Waals surface area (Å²) in [6.07, 6.45) is 3.47. The Labute approximate surface area is 121 Å². The van der Waals surface area contributed by atoms with Gasteiger partial charge in [0.05, 0.1) is 0 Å². The SMILES string of the molecule is CCNCCc1cn(CC)c2cc3c(cc12)CN(C)C3. The predicted octanol–water partition coefficient (Wildman–Crippen LogP) is 2.76. The third kappa shape index (κ3) is 2.36. The van der Waals surface area contributed by atoms with Gasteiger partial charge in [0.25, 0.3) is 0 Å². The topological polar surface area (TPSA) is 20.2 Å². The zero-order valence-corrected chi connectivity index (χ0v) is 12.9. The average Bonchev–Trinajstić information content (AvgIpc) is 2.96. The Morgan fingerprint density at radius 1 is 1.15 bits per heavy atom. The summed E-state index contributed by atoms with van der Waals surface area (Å²) in [5.41, 5.74) is 5.91. The number of aryl methyl sites for hydroxylation is 1. The van der Waals surface area contributed by atoms with Crippen molar-refractivity contribution in [2.45, 2.75) is 39.9 Å². The highest BCUT2D eigenvalue weighted by atomic mass is 15.1. The number of fused-ring (bicyclic) bond motifs is 2. The van der Waals surface area contributed by atoms with Gasteiger partial charge >= 0.3 is 0 Å². The molecule has 0 saturated heterocycles. The number of benzene rings is 1. The van der Waals surface area contributed by atoms with Gasteiger partial charge in [0.1, 0.15) is 0 Å². The highest BCUT2D eigenvalue weighted by Gasteiger charge is 2.18. The van der Waals surface area contributed by atoms with Crippen LogP contribution in [-0.4, -0.2) is 29.6 Å². The Morgan fingerprint density at radius 2 is 1.90 bits per heavy atom. The van der Waals surface area contributed by atoms with E-state index in [1.54, 1.807) is 0 Å². The number of hydrogen-bond acceptors (Lipinski definition) is 2. The van der Waals surface area contributed by atoms with Crippen molar-refractivity contribution in [3.63, 3.8) is 0 Å². The molecule has 1 aromatic carbocycles. The van der Waals surface area contributed by atoms with Crippen LogP contribution >= 0.6 is 0 Å². The van der Waals surface area contributed by atoms with Crippen molar-refractivity contribution < 1.29 is 0 Å². The Hall–Kier alpha value is -1.32. The maximum Gasteiger partial charge on any atom is 0.0486 e. The van der Waals surface area contributed by atoms with E-state index in [-0.39, 0.29) is 0 Å². The van der Waals surface area contributed by atoms with E-state index >= 15 is 0 Å². The number of aromatic nitrogens is 1. The first-order chi connectivity index (χ1) is 9.72. The molecule has 1 aliphatic heterocycles. The summed E-state index contributed by atoms with van der Waals surface area (Å²) >= 11 is 0. The van der Waals surface area contributed by atoms with Gasteiger partial charge in [-0.3, -0.25) is 4.90 Å². The van der Waals surface area contributed by atoms with Crippen LogP contribution in [-0.2, 0) is 26.1 Å². The second-order valence-corrected chi connectivity index (χ2v) is 5.85. The molecule has 20 heavy (non-hydrogen) atoms. The number of nitrogens with one attached hydrogen (secondary N) is 1. The zero-order valence-electron chi connectivity index (χ0n) is 12.9.